The molecule has 1 aromatic carbocycles. The van der Waals surface area contributed by atoms with Crippen molar-refractivity contribution < 1.29 is 9.47 Å². The third-order valence-corrected chi connectivity index (χ3v) is 2.84. The first-order valence-corrected chi connectivity index (χ1v) is 5.61. The first-order chi connectivity index (χ1) is 7.79. The van der Waals surface area contributed by atoms with Gasteiger partial charge in [-0.05, 0) is 12.1 Å². The fraction of sp³-hybridized carbons (Fsp3) is 0.417. The van der Waals surface area contributed by atoms with Crippen molar-refractivity contribution in [2.45, 2.75) is 18.9 Å². The Labute approximate surface area is 99.5 Å². The van der Waals surface area contributed by atoms with Crippen LogP contribution in [0.15, 0.2) is 18.2 Å². The Morgan fingerprint density at radius 1 is 1.38 bits per heavy atom. The molecule has 1 aliphatic rings. The van der Waals surface area contributed by atoms with Gasteiger partial charge in [0.1, 0.15) is 17.9 Å². The van der Waals surface area contributed by atoms with E-state index in [9.17, 15) is 0 Å². The standard InChI is InChI=1S/C12H12ClNO2/c13-12-7-11(2-1-9(12)8-14)16-10-3-5-15-6-4-10/h1-2,7,10H,3-6H2. The van der Waals surface area contributed by atoms with Crippen molar-refractivity contribution in [3.8, 4) is 11.8 Å². The van der Waals surface area contributed by atoms with E-state index in [1.807, 2.05) is 6.07 Å². The van der Waals surface area contributed by atoms with Crippen LogP contribution in [0.4, 0.5) is 0 Å². The third kappa shape index (κ3) is 2.66. The molecule has 0 aliphatic carbocycles. The van der Waals surface area contributed by atoms with E-state index in [2.05, 4.69) is 0 Å². The van der Waals surface area contributed by atoms with E-state index in [0.29, 0.717) is 10.6 Å². The lowest BCUT2D eigenvalue weighted by atomic mass is 10.1. The van der Waals surface area contributed by atoms with Crippen molar-refractivity contribution in [3.05, 3.63) is 28.8 Å². The average molecular weight is 238 g/mol. The molecule has 1 saturated heterocycles. The van der Waals surface area contributed by atoms with Crippen molar-refractivity contribution in [1.82, 2.24) is 0 Å². The molecule has 1 aromatic rings. The van der Waals surface area contributed by atoms with Gasteiger partial charge in [-0.1, -0.05) is 11.6 Å². The Kier molecular flexibility index (Phi) is 3.66. The van der Waals surface area contributed by atoms with E-state index in [-0.39, 0.29) is 6.10 Å². The normalized spacial score (nSPS) is 16.8. The number of hydrogen-bond acceptors (Lipinski definition) is 3. The monoisotopic (exact) mass is 237 g/mol. The van der Waals surface area contributed by atoms with Gasteiger partial charge in [0.05, 0.1) is 23.8 Å². The van der Waals surface area contributed by atoms with Crippen molar-refractivity contribution in [2.75, 3.05) is 13.2 Å². The second kappa shape index (κ2) is 5.20. The molecule has 0 saturated carbocycles. The average Bonchev–Trinajstić information content (AvgIpc) is 2.31. The van der Waals surface area contributed by atoms with Crippen LogP contribution in [-0.2, 0) is 4.74 Å². The number of hydrogen-bond donors (Lipinski definition) is 0. The smallest absolute Gasteiger partial charge is 0.121 e. The summed E-state index contributed by atoms with van der Waals surface area (Å²) in [5.41, 5.74) is 0.473. The van der Waals surface area contributed by atoms with E-state index < -0.39 is 0 Å². The lowest BCUT2D eigenvalue weighted by Crippen LogP contribution is -2.25. The highest BCUT2D eigenvalue weighted by molar-refractivity contribution is 6.31. The number of nitrogens with zero attached hydrogens (tertiary/aromatic N) is 1. The highest BCUT2D eigenvalue weighted by Crippen LogP contribution is 2.24. The first-order valence-electron chi connectivity index (χ1n) is 5.23. The molecule has 0 bridgehead atoms. The number of halogens is 1. The van der Waals surface area contributed by atoms with Gasteiger partial charge in [-0.3, -0.25) is 0 Å². The summed E-state index contributed by atoms with van der Waals surface area (Å²) in [5.74, 6) is 0.718. The van der Waals surface area contributed by atoms with Gasteiger partial charge in [0, 0.05) is 18.9 Å². The van der Waals surface area contributed by atoms with Crippen LogP contribution in [0.5, 0.6) is 5.75 Å². The topological polar surface area (TPSA) is 42.2 Å². The third-order valence-electron chi connectivity index (χ3n) is 2.53. The molecule has 0 radical (unpaired) electrons. The Bertz CT molecular complexity index is 408. The van der Waals surface area contributed by atoms with Gasteiger partial charge < -0.3 is 9.47 Å². The molecule has 1 fully saturated rings. The van der Waals surface area contributed by atoms with Gasteiger partial charge in [0.2, 0.25) is 0 Å². The van der Waals surface area contributed by atoms with Gasteiger partial charge in [0.25, 0.3) is 0 Å². The molecule has 3 nitrogen and oxygen atoms in total. The van der Waals surface area contributed by atoms with Crippen LogP contribution in [0, 0.1) is 11.3 Å². The van der Waals surface area contributed by atoms with Gasteiger partial charge in [-0.2, -0.15) is 5.26 Å². The zero-order valence-corrected chi connectivity index (χ0v) is 9.54. The van der Waals surface area contributed by atoms with Crippen LogP contribution in [0.3, 0.4) is 0 Å². The van der Waals surface area contributed by atoms with Crippen LogP contribution in [0.25, 0.3) is 0 Å². The molecular weight excluding hydrogens is 226 g/mol. The number of ether oxygens (including phenoxy) is 2. The Morgan fingerprint density at radius 2 is 2.12 bits per heavy atom. The lowest BCUT2D eigenvalue weighted by molar-refractivity contribution is 0.0256. The van der Waals surface area contributed by atoms with E-state index in [4.69, 9.17) is 26.3 Å². The summed E-state index contributed by atoms with van der Waals surface area (Å²) in [6.07, 6.45) is 1.99. The molecule has 2 rings (SSSR count). The number of rotatable bonds is 2. The Balaban J connectivity index is 2.04. The summed E-state index contributed by atoms with van der Waals surface area (Å²) in [5, 5.41) is 9.18. The van der Waals surface area contributed by atoms with Crippen LogP contribution >= 0.6 is 11.6 Å². The Hall–Kier alpha value is -1.24. The van der Waals surface area contributed by atoms with E-state index in [1.54, 1.807) is 18.2 Å². The summed E-state index contributed by atoms with van der Waals surface area (Å²) in [6.45, 7) is 1.49. The molecule has 4 heteroatoms. The van der Waals surface area contributed by atoms with Crippen LogP contribution in [-0.4, -0.2) is 19.3 Å². The second-order valence-corrected chi connectivity index (χ2v) is 4.09. The quantitative estimate of drug-likeness (QED) is 0.794. The lowest BCUT2D eigenvalue weighted by Gasteiger charge is -2.23. The fourth-order valence-corrected chi connectivity index (χ4v) is 1.86. The van der Waals surface area contributed by atoms with Crippen molar-refractivity contribution >= 4 is 11.6 Å². The van der Waals surface area contributed by atoms with Gasteiger partial charge in [0.15, 0.2) is 0 Å². The number of benzene rings is 1. The van der Waals surface area contributed by atoms with Crippen molar-refractivity contribution in [2.24, 2.45) is 0 Å². The molecular formula is C12H12ClNO2. The van der Waals surface area contributed by atoms with Crippen molar-refractivity contribution in [1.29, 1.82) is 5.26 Å². The minimum Gasteiger partial charge on any atom is -0.490 e. The minimum absolute atomic E-state index is 0.192. The SMILES string of the molecule is N#Cc1ccc(OC2CCOCC2)cc1Cl. The minimum atomic E-state index is 0.192. The zero-order valence-electron chi connectivity index (χ0n) is 8.78. The first kappa shape index (κ1) is 11.3. The highest BCUT2D eigenvalue weighted by atomic mass is 35.5. The van der Waals surface area contributed by atoms with E-state index in [1.165, 1.54) is 0 Å². The van der Waals surface area contributed by atoms with Crippen LogP contribution in [0.1, 0.15) is 18.4 Å². The van der Waals surface area contributed by atoms with Crippen molar-refractivity contribution in [3.63, 3.8) is 0 Å². The molecule has 1 aliphatic heterocycles. The molecule has 1 heterocycles. The highest BCUT2D eigenvalue weighted by Gasteiger charge is 2.15. The van der Waals surface area contributed by atoms with E-state index >= 15 is 0 Å². The molecule has 0 amide bonds. The summed E-state index contributed by atoms with van der Waals surface area (Å²) >= 11 is 5.92. The fourth-order valence-electron chi connectivity index (χ4n) is 1.65. The maximum atomic E-state index is 8.74. The summed E-state index contributed by atoms with van der Waals surface area (Å²) in [6, 6.07) is 7.16. The van der Waals surface area contributed by atoms with Gasteiger partial charge in [-0.15, -0.1) is 0 Å². The van der Waals surface area contributed by atoms with Crippen LogP contribution < -0.4 is 4.74 Å². The zero-order chi connectivity index (χ0) is 11.4. The maximum absolute atomic E-state index is 8.74. The van der Waals surface area contributed by atoms with E-state index in [0.717, 1.165) is 31.8 Å². The summed E-state index contributed by atoms with van der Waals surface area (Å²) in [4.78, 5) is 0. The molecule has 0 spiro atoms. The maximum Gasteiger partial charge on any atom is 0.121 e. The summed E-state index contributed by atoms with van der Waals surface area (Å²) < 4.78 is 11.0. The molecule has 16 heavy (non-hydrogen) atoms. The second-order valence-electron chi connectivity index (χ2n) is 3.68. The molecule has 84 valence electrons. The largest absolute Gasteiger partial charge is 0.490 e. The molecule has 0 aromatic heterocycles. The van der Waals surface area contributed by atoms with Gasteiger partial charge >= 0.3 is 0 Å². The molecule has 0 unspecified atom stereocenters. The predicted octanol–water partition coefficient (Wildman–Crippen LogP) is 2.77. The van der Waals surface area contributed by atoms with Gasteiger partial charge in [-0.25, -0.2) is 0 Å². The van der Waals surface area contributed by atoms with Crippen LogP contribution in [0.2, 0.25) is 5.02 Å². The Morgan fingerprint density at radius 3 is 2.75 bits per heavy atom. The summed E-state index contributed by atoms with van der Waals surface area (Å²) in [7, 11) is 0. The molecule has 0 N–H and O–H groups in total. The number of nitriles is 1. The predicted molar refractivity (Wildman–Crippen MR) is 60.6 cm³/mol. The molecule has 0 atom stereocenters.